The number of benzene rings is 1. The molecule has 0 aliphatic carbocycles. The van der Waals surface area contributed by atoms with E-state index in [2.05, 4.69) is 37.3 Å². The second kappa shape index (κ2) is 7.27. The van der Waals surface area contributed by atoms with Crippen molar-refractivity contribution in [2.75, 3.05) is 6.16 Å². The molecule has 0 amide bonds. The monoisotopic (exact) mass is 184 g/mol. The summed E-state index contributed by atoms with van der Waals surface area (Å²) in [7, 11) is 1.11. The van der Waals surface area contributed by atoms with Gasteiger partial charge in [-0.2, -0.15) is 0 Å². The van der Waals surface area contributed by atoms with Gasteiger partial charge in [-0.3, -0.25) is 0 Å². The molecule has 1 atom stereocenters. The Morgan fingerprint density at radius 1 is 1.17 bits per heavy atom. The largest absolute Gasteiger partial charge is 0.412 e. The first-order valence-electron chi connectivity index (χ1n) is 4.18. The first-order chi connectivity index (χ1) is 5.43. The van der Waals surface area contributed by atoms with Gasteiger partial charge in [-0.05, 0) is 17.9 Å². The average molecular weight is 184 g/mol. The van der Waals surface area contributed by atoms with Crippen molar-refractivity contribution in [1.29, 1.82) is 0 Å². The van der Waals surface area contributed by atoms with E-state index >= 15 is 0 Å². The minimum Gasteiger partial charge on any atom is -0.412 e. The van der Waals surface area contributed by atoms with Crippen molar-refractivity contribution in [1.82, 2.24) is 0 Å². The summed E-state index contributed by atoms with van der Waals surface area (Å²) < 4.78 is 0. The number of hydrogen-bond donors (Lipinski definition) is 0. The third-order valence-corrected chi connectivity index (χ3v) is 3.11. The topological polar surface area (TPSA) is 31.5 Å². The van der Waals surface area contributed by atoms with Gasteiger partial charge in [-0.1, -0.05) is 43.7 Å². The second-order valence-corrected chi connectivity index (χ2v) is 4.02. The molecule has 1 aromatic carbocycles. The van der Waals surface area contributed by atoms with Gasteiger partial charge in [0.2, 0.25) is 0 Å². The zero-order valence-corrected chi connectivity index (χ0v) is 8.51. The van der Waals surface area contributed by atoms with E-state index in [1.807, 2.05) is 0 Å². The van der Waals surface area contributed by atoms with Gasteiger partial charge >= 0.3 is 0 Å². The molecule has 0 saturated heterocycles. The second-order valence-electron chi connectivity index (χ2n) is 2.66. The zero-order chi connectivity index (χ0) is 7.94. The molecule has 1 unspecified atom stereocenters. The van der Waals surface area contributed by atoms with Crippen LogP contribution in [0.3, 0.4) is 0 Å². The molecule has 2 heteroatoms. The van der Waals surface area contributed by atoms with Crippen LogP contribution >= 0.6 is 8.58 Å². The summed E-state index contributed by atoms with van der Waals surface area (Å²) in [6, 6.07) is 10.7. The Hall–Kier alpha value is -0.390. The zero-order valence-electron chi connectivity index (χ0n) is 7.51. The summed E-state index contributed by atoms with van der Waals surface area (Å²) in [5.74, 6) is 0. The van der Waals surface area contributed by atoms with Gasteiger partial charge in [0.25, 0.3) is 0 Å². The van der Waals surface area contributed by atoms with Gasteiger partial charge in [-0.25, -0.2) is 0 Å². The van der Waals surface area contributed by atoms with Crippen LogP contribution in [0.15, 0.2) is 30.3 Å². The lowest BCUT2D eigenvalue weighted by Gasteiger charge is -1.98. The quantitative estimate of drug-likeness (QED) is 0.508. The van der Waals surface area contributed by atoms with Crippen LogP contribution in [0.2, 0.25) is 0 Å². The molecule has 1 nitrogen and oxygen atoms in total. The minimum atomic E-state index is 0. The van der Waals surface area contributed by atoms with E-state index in [4.69, 9.17) is 0 Å². The lowest BCUT2D eigenvalue weighted by atomic mass is 10.2. The Morgan fingerprint density at radius 2 is 1.83 bits per heavy atom. The van der Waals surface area contributed by atoms with Crippen molar-refractivity contribution in [2.24, 2.45) is 0 Å². The first kappa shape index (κ1) is 11.6. The molecule has 1 rings (SSSR count). The first-order valence-corrected chi connectivity index (χ1v) is 5.59. The van der Waals surface area contributed by atoms with E-state index in [1.54, 1.807) is 0 Å². The molecule has 0 saturated carbocycles. The van der Waals surface area contributed by atoms with E-state index in [0.29, 0.717) is 0 Å². The van der Waals surface area contributed by atoms with Crippen molar-refractivity contribution < 1.29 is 5.48 Å². The van der Waals surface area contributed by atoms with Crippen molar-refractivity contribution in [3.8, 4) is 0 Å². The molecule has 0 radical (unpaired) electrons. The van der Waals surface area contributed by atoms with Crippen LogP contribution in [0.1, 0.15) is 18.9 Å². The Bertz CT molecular complexity index is 186. The Labute approximate surface area is 76.3 Å². The lowest BCUT2D eigenvalue weighted by Crippen LogP contribution is -1.77. The molecule has 0 heterocycles. The highest BCUT2D eigenvalue weighted by Crippen LogP contribution is 2.18. The van der Waals surface area contributed by atoms with Gasteiger partial charge in [0.05, 0.1) is 0 Å². The van der Waals surface area contributed by atoms with E-state index < -0.39 is 0 Å². The number of rotatable bonds is 4. The van der Waals surface area contributed by atoms with Crippen LogP contribution in [0, 0.1) is 0 Å². The molecular weight excluding hydrogens is 167 g/mol. The molecule has 0 bridgehead atoms. The predicted octanol–water partition coefficient (Wildman–Crippen LogP) is 2.45. The standard InChI is InChI=1S/C10H15P.H2O/c1-2-8-11-9-10-6-4-3-5-7-10;/h3-7,11H,2,8-9H2,1H3;1H2. The van der Waals surface area contributed by atoms with Crippen LogP contribution in [0.5, 0.6) is 0 Å². The molecule has 0 spiro atoms. The highest BCUT2D eigenvalue weighted by Gasteiger charge is 1.88. The maximum atomic E-state index is 2.25. The van der Waals surface area contributed by atoms with Gasteiger partial charge in [0.1, 0.15) is 0 Å². The predicted molar refractivity (Wildman–Crippen MR) is 57.2 cm³/mol. The molecule has 0 fully saturated rings. The van der Waals surface area contributed by atoms with Crippen LogP contribution in [-0.2, 0) is 6.16 Å². The van der Waals surface area contributed by atoms with Crippen LogP contribution < -0.4 is 0 Å². The lowest BCUT2D eigenvalue weighted by molar-refractivity contribution is 0.824. The smallest absolute Gasteiger partial charge is 0.0101 e. The summed E-state index contributed by atoms with van der Waals surface area (Å²) in [4.78, 5) is 0. The summed E-state index contributed by atoms with van der Waals surface area (Å²) in [5, 5.41) is 0. The van der Waals surface area contributed by atoms with Crippen molar-refractivity contribution in [3.63, 3.8) is 0 Å². The summed E-state index contributed by atoms with van der Waals surface area (Å²) in [6.07, 6.45) is 3.98. The molecule has 0 aliphatic rings. The van der Waals surface area contributed by atoms with Crippen LogP contribution in [-0.4, -0.2) is 11.6 Å². The van der Waals surface area contributed by atoms with Gasteiger partial charge in [-0.15, -0.1) is 8.58 Å². The Morgan fingerprint density at radius 3 is 2.42 bits per heavy atom. The molecular formula is C10H17OP. The van der Waals surface area contributed by atoms with Gasteiger partial charge in [0, 0.05) is 0 Å². The normalized spacial score (nSPS) is 10.1. The summed E-state index contributed by atoms with van der Waals surface area (Å²) in [6.45, 7) is 2.25. The third kappa shape index (κ3) is 4.48. The molecule has 1 aromatic rings. The van der Waals surface area contributed by atoms with Crippen LogP contribution in [0.25, 0.3) is 0 Å². The average Bonchev–Trinajstić information content (AvgIpc) is 2.07. The fraction of sp³-hybridized carbons (Fsp3) is 0.400. The van der Waals surface area contributed by atoms with Gasteiger partial charge in [0.15, 0.2) is 0 Å². The Kier molecular flexibility index (Phi) is 7.03. The molecule has 68 valence electrons. The highest BCUT2D eigenvalue weighted by molar-refractivity contribution is 7.37. The fourth-order valence-corrected chi connectivity index (χ4v) is 2.06. The molecule has 12 heavy (non-hydrogen) atoms. The summed E-state index contributed by atoms with van der Waals surface area (Å²) >= 11 is 0. The molecule has 0 aromatic heterocycles. The maximum Gasteiger partial charge on any atom is -0.0101 e. The minimum absolute atomic E-state index is 0. The van der Waals surface area contributed by atoms with E-state index in [0.717, 1.165) is 8.58 Å². The fourth-order valence-electron chi connectivity index (χ4n) is 1.01. The van der Waals surface area contributed by atoms with Gasteiger partial charge < -0.3 is 5.48 Å². The third-order valence-electron chi connectivity index (χ3n) is 1.60. The van der Waals surface area contributed by atoms with Crippen molar-refractivity contribution in [2.45, 2.75) is 19.5 Å². The molecule has 0 aliphatic heterocycles. The summed E-state index contributed by atoms with van der Waals surface area (Å²) in [5.41, 5.74) is 1.49. The highest BCUT2D eigenvalue weighted by atomic mass is 31.1. The van der Waals surface area contributed by atoms with E-state index in [1.165, 1.54) is 24.3 Å². The molecule has 2 N–H and O–H groups in total. The van der Waals surface area contributed by atoms with Crippen LogP contribution in [0.4, 0.5) is 0 Å². The number of hydrogen-bond acceptors (Lipinski definition) is 0. The maximum absolute atomic E-state index is 2.25. The SMILES string of the molecule is CCCPCc1ccccc1.O. The Balaban J connectivity index is 0.00000121. The van der Waals surface area contributed by atoms with Crippen molar-refractivity contribution in [3.05, 3.63) is 35.9 Å². The van der Waals surface area contributed by atoms with E-state index in [-0.39, 0.29) is 5.48 Å². The van der Waals surface area contributed by atoms with Crippen molar-refractivity contribution >= 4 is 8.58 Å². The van der Waals surface area contributed by atoms with E-state index in [9.17, 15) is 0 Å².